The molecule has 2 rings (SSSR count). The number of nitrogens with zero attached hydrogens (tertiary/aromatic N) is 3. The monoisotopic (exact) mass is 313 g/mol. The van der Waals surface area contributed by atoms with E-state index in [1.54, 1.807) is 22.7 Å². The lowest BCUT2D eigenvalue weighted by molar-refractivity contribution is -0.140. The summed E-state index contributed by atoms with van der Waals surface area (Å²) in [5.41, 5.74) is 1.52. The lowest BCUT2D eigenvalue weighted by Gasteiger charge is -2.36. The Hall–Kier alpha value is -1.37. The number of carbonyl (C=O) groups excluding carboxylic acids is 1. The zero-order valence-electron chi connectivity index (χ0n) is 12.4. The van der Waals surface area contributed by atoms with E-state index in [0.29, 0.717) is 18.3 Å². The van der Waals surface area contributed by atoms with Crippen molar-refractivity contribution in [1.82, 2.24) is 14.7 Å². The van der Waals surface area contributed by atoms with Crippen molar-refractivity contribution in [2.24, 2.45) is 7.05 Å². The molecule has 1 fully saturated rings. The van der Waals surface area contributed by atoms with Gasteiger partial charge in [-0.3, -0.25) is 9.48 Å². The van der Waals surface area contributed by atoms with Gasteiger partial charge in [0.1, 0.15) is 5.15 Å². The van der Waals surface area contributed by atoms with Crippen LogP contribution < -0.4 is 0 Å². The largest absolute Gasteiger partial charge is 0.394 e. The molecule has 0 aromatic carbocycles. The summed E-state index contributed by atoms with van der Waals surface area (Å²) in [6, 6.07) is -0.0181. The zero-order valence-corrected chi connectivity index (χ0v) is 13.2. The summed E-state index contributed by atoms with van der Waals surface area (Å²) in [6.45, 7) is 4.49. The first-order chi connectivity index (χ1) is 9.93. The van der Waals surface area contributed by atoms with Crippen molar-refractivity contribution in [1.29, 1.82) is 0 Å². The van der Waals surface area contributed by atoms with Crippen LogP contribution in [0.1, 0.15) is 18.2 Å². The fourth-order valence-electron chi connectivity index (χ4n) is 2.32. The second-order valence-electron chi connectivity index (χ2n) is 5.22. The Balaban J connectivity index is 2.11. The van der Waals surface area contributed by atoms with E-state index >= 15 is 0 Å². The minimum absolute atomic E-state index is 0.0181. The van der Waals surface area contributed by atoms with Gasteiger partial charge in [0.2, 0.25) is 5.91 Å². The van der Waals surface area contributed by atoms with Crippen LogP contribution in [0.3, 0.4) is 0 Å². The fourth-order valence-corrected chi connectivity index (χ4v) is 2.56. The standard InChI is InChI=1S/C14H20ClN3O3/c1-9-8-21-11(7-19)6-18(9)13(20)5-4-12-10(2)16-17(3)14(12)15/h4-5,9,11,19H,6-8H2,1-3H3/b5-4+. The predicted octanol–water partition coefficient (Wildman–Crippen LogP) is 1.00. The van der Waals surface area contributed by atoms with Gasteiger partial charge in [0.15, 0.2) is 0 Å². The van der Waals surface area contributed by atoms with Crippen molar-refractivity contribution in [2.45, 2.75) is 26.0 Å². The third-order valence-electron chi connectivity index (χ3n) is 3.58. The summed E-state index contributed by atoms with van der Waals surface area (Å²) >= 11 is 6.13. The van der Waals surface area contributed by atoms with Gasteiger partial charge in [0.25, 0.3) is 0 Å². The van der Waals surface area contributed by atoms with Crippen molar-refractivity contribution in [3.63, 3.8) is 0 Å². The summed E-state index contributed by atoms with van der Waals surface area (Å²) in [5, 5.41) is 13.8. The molecule has 2 unspecified atom stereocenters. The number of hydrogen-bond acceptors (Lipinski definition) is 4. The molecule has 116 valence electrons. The SMILES string of the molecule is Cc1nn(C)c(Cl)c1/C=C/C(=O)N1CC(CO)OCC1C. The van der Waals surface area contributed by atoms with Crippen LogP contribution in [0.25, 0.3) is 6.08 Å². The quantitative estimate of drug-likeness (QED) is 0.846. The normalized spacial score (nSPS) is 23.0. The molecule has 21 heavy (non-hydrogen) atoms. The van der Waals surface area contributed by atoms with E-state index < -0.39 is 0 Å². The first-order valence-corrected chi connectivity index (χ1v) is 7.22. The number of morpholine rings is 1. The molecule has 1 aromatic rings. The van der Waals surface area contributed by atoms with Crippen molar-refractivity contribution < 1.29 is 14.6 Å². The zero-order chi connectivity index (χ0) is 15.6. The highest BCUT2D eigenvalue weighted by Crippen LogP contribution is 2.20. The van der Waals surface area contributed by atoms with Crippen LogP contribution in [0.15, 0.2) is 6.08 Å². The molecule has 0 bridgehead atoms. The Kier molecular flexibility index (Phi) is 5.03. The third-order valence-corrected chi connectivity index (χ3v) is 4.03. The molecule has 2 atom stereocenters. The third kappa shape index (κ3) is 3.45. The number of halogens is 1. The predicted molar refractivity (Wildman–Crippen MR) is 80.0 cm³/mol. The molecule has 0 spiro atoms. The second-order valence-corrected chi connectivity index (χ2v) is 5.58. The highest BCUT2D eigenvalue weighted by atomic mass is 35.5. The van der Waals surface area contributed by atoms with Gasteiger partial charge in [0, 0.05) is 25.2 Å². The molecule has 1 N–H and O–H groups in total. The average molecular weight is 314 g/mol. The van der Waals surface area contributed by atoms with E-state index in [4.69, 9.17) is 21.4 Å². The fraction of sp³-hybridized carbons (Fsp3) is 0.571. The maximum atomic E-state index is 12.3. The van der Waals surface area contributed by atoms with Crippen LogP contribution in [0, 0.1) is 6.92 Å². The lowest BCUT2D eigenvalue weighted by atomic mass is 10.2. The molecule has 1 aliphatic rings. The number of hydrogen-bond donors (Lipinski definition) is 1. The van der Waals surface area contributed by atoms with Crippen LogP contribution in [0.4, 0.5) is 0 Å². The number of aromatic nitrogens is 2. The smallest absolute Gasteiger partial charge is 0.246 e. The van der Waals surface area contributed by atoms with Crippen molar-refractivity contribution in [3.8, 4) is 0 Å². The van der Waals surface area contributed by atoms with E-state index in [-0.39, 0.29) is 24.7 Å². The van der Waals surface area contributed by atoms with Crippen LogP contribution in [-0.2, 0) is 16.6 Å². The van der Waals surface area contributed by atoms with Crippen LogP contribution in [0.2, 0.25) is 5.15 Å². The van der Waals surface area contributed by atoms with Crippen LogP contribution in [0.5, 0.6) is 0 Å². The molecular weight excluding hydrogens is 294 g/mol. The van der Waals surface area contributed by atoms with Crippen molar-refractivity contribution in [2.75, 3.05) is 19.8 Å². The number of aryl methyl sites for hydroxylation is 2. The van der Waals surface area contributed by atoms with E-state index in [0.717, 1.165) is 11.3 Å². The van der Waals surface area contributed by atoms with Crippen molar-refractivity contribution in [3.05, 3.63) is 22.5 Å². The first-order valence-electron chi connectivity index (χ1n) is 6.84. The molecule has 0 saturated carbocycles. The summed E-state index contributed by atoms with van der Waals surface area (Å²) in [6.07, 6.45) is 2.86. The first kappa shape index (κ1) is 16.0. The van der Waals surface area contributed by atoms with Crippen LogP contribution in [-0.4, -0.2) is 57.6 Å². The maximum absolute atomic E-state index is 12.3. The Morgan fingerprint density at radius 2 is 2.33 bits per heavy atom. The molecule has 0 radical (unpaired) electrons. The number of amides is 1. The molecular formula is C14H20ClN3O3. The summed E-state index contributed by atoms with van der Waals surface area (Å²) in [5.74, 6) is -0.122. The highest BCUT2D eigenvalue weighted by molar-refractivity contribution is 6.31. The Bertz CT molecular complexity index is 556. The van der Waals surface area contributed by atoms with Gasteiger partial charge in [-0.1, -0.05) is 11.6 Å². The lowest BCUT2D eigenvalue weighted by Crippen LogP contribution is -2.51. The second kappa shape index (κ2) is 6.60. The Morgan fingerprint density at radius 1 is 1.62 bits per heavy atom. The number of carbonyl (C=O) groups is 1. The van der Waals surface area contributed by atoms with Gasteiger partial charge >= 0.3 is 0 Å². The number of ether oxygens (including phenoxy) is 1. The molecule has 1 saturated heterocycles. The summed E-state index contributed by atoms with van der Waals surface area (Å²) in [7, 11) is 1.75. The van der Waals surface area contributed by atoms with Gasteiger partial charge in [-0.05, 0) is 19.9 Å². The maximum Gasteiger partial charge on any atom is 0.246 e. The number of aliphatic hydroxyl groups is 1. The van der Waals surface area contributed by atoms with E-state index in [2.05, 4.69) is 5.10 Å². The molecule has 0 aliphatic carbocycles. The Morgan fingerprint density at radius 3 is 2.90 bits per heavy atom. The molecule has 1 aromatic heterocycles. The van der Waals surface area contributed by atoms with Gasteiger partial charge in [-0.2, -0.15) is 5.10 Å². The van der Waals surface area contributed by atoms with Gasteiger partial charge < -0.3 is 14.7 Å². The summed E-state index contributed by atoms with van der Waals surface area (Å²) < 4.78 is 6.99. The minimum Gasteiger partial charge on any atom is -0.394 e. The van der Waals surface area contributed by atoms with Crippen molar-refractivity contribution >= 4 is 23.6 Å². The minimum atomic E-state index is -0.317. The molecule has 2 heterocycles. The van der Waals surface area contributed by atoms with E-state index in [1.807, 2.05) is 13.8 Å². The topological polar surface area (TPSA) is 67.6 Å². The highest BCUT2D eigenvalue weighted by Gasteiger charge is 2.28. The molecule has 7 heteroatoms. The van der Waals surface area contributed by atoms with E-state index in [9.17, 15) is 4.79 Å². The van der Waals surface area contributed by atoms with Gasteiger partial charge in [-0.25, -0.2) is 0 Å². The number of aliphatic hydroxyl groups excluding tert-OH is 1. The van der Waals surface area contributed by atoms with Crippen LogP contribution >= 0.6 is 11.6 Å². The number of rotatable bonds is 3. The summed E-state index contributed by atoms with van der Waals surface area (Å²) in [4.78, 5) is 14.0. The molecule has 1 amide bonds. The van der Waals surface area contributed by atoms with Gasteiger partial charge in [0.05, 0.1) is 31.1 Å². The molecule has 6 nitrogen and oxygen atoms in total. The average Bonchev–Trinajstić information content (AvgIpc) is 2.70. The van der Waals surface area contributed by atoms with Gasteiger partial charge in [-0.15, -0.1) is 0 Å². The van der Waals surface area contributed by atoms with E-state index in [1.165, 1.54) is 6.08 Å². The Labute approximate surface area is 128 Å². The molecule has 1 aliphatic heterocycles.